The van der Waals surface area contributed by atoms with Crippen molar-refractivity contribution in [3.05, 3.63) is 29.6 Å². The van der Waals surface area contributed by atoms with Crippen molar-refractivity contribution in [2.24, 2.45) is 5.92 Å². The van der Waals surface area contributed by atoms with Crippen molar-refractivity contribution in [2.45, 2.75) is 13.3 Å². The van der Waals surface area contributed by atoms with Gasteiger partial charge in [-0.2, -0.15) is 0 Å². The second kappa shape index (κ2) is 6.84. The number of halogens is 1. The van der Waals surface area contributed by atoms with E-state index >= 15 is 0 Å². The lowest BCUT2D eigenvalue weighted by Crippen LogP contribution is -2.18. The van der Waals surface area contributed by atoms with Crippen LogP contribution in [0.2, 0.25) is 0 Å². The molecule has 0 bridgehead atoms. The van der Waals surface area contributed by atoms with Gasteiger partial charge in [0.25, 0.3) is 0 Å². The summed E-state index contributed by atoms with van der Waals surface area (Å²) in [5.74, 6) is -2.43. The average molecular weight is 269 g/mol. The SMILES string of the molecule is COCC(C)CC(=O)Nc1ccc(F)c(C(=O)O)c1. The molecule has 0 radical (unpaired) electrons. The molecule has 0 heterocycles. The first-order chi connectivity index (χ1) is 8.93. The van der Waals surface area contributed by atoms with Crippen molar-refractivity contribution >= 4 is 17.6 Å². The molecule has 1 atom stereocenters. The molecule has 0 aliphatic carbocycles. The van der Waals surface area contributed by atoms with Gasteiger partial charge in [-0.25, -0.2) is 9.18 Å². The molecule has 0 aromatic heterocycles. The van der Waals surface area contributed by atoms with Gasteiger partial charge in [0.05, 0.1) is 5.56 Å². The first kappa shape index (κ1) is 15.1. The molecule has 0 saturated carbocycles. The fraction of sp³-hybridized carbons (Fsp3) is 0.385. The quantitative estimate of drug-likeness (QED) is 0.829. The number of carboxylic acids is 1. The summed E-state index contributed by atoms with van der Waals surface area (Å²) in [5, 5.41) is 11.3. The number of aromatic carboxylic acids is 1. The predicted molar refractivity (Wildman–Crippen MR) is 67.6 cm³/mol. The summed E-state index contributed by atoms with van der Waals surface area (Å²) in [7, 11) is 1.55. The maximum Gasteiger partial charge on any atom is 0.338 e. The fourth-order valence-electron chi connectivity index (χ4n) is 1.64. The molecular formula is C13H16FNO4. The minimum Gasteiger partial charge on any atom is -0.478 e. The van der Waals surface area contributed by atoms with Gasteiger partial charge in [-0.3, -0.25) is 4.79 Å². The van der Waals surface area contributed by atoms with Crippen LogP contribution in [0.5, 0.6) is 0 Å². The summed E-state index contributed by atoms with van der Waals surface area (Å²) < 4.78 is 18.1. The molecule has 6 heteroatoms. The Hall–Kier alpha value is -1.95. The van der Waals surface area contributed by atoms with Crippen LogP contribution in [0.1, 0.15) is 23.7 Å². The first-order valence-electron chi connectivity index (χ1n) is 5.75. The number of methoxy groups -OCH3 is 1. The van der Waals surface area contributed by atoms with Crippen LogP contribution >= 0.6 is 0 Å². The van der Waals surface area contributed by atoms with E-state index in [4.69, 9.17) is 9.84 Å². The lowest BCUT2D eigenvalue weighted by Gasteiger charge is -2.11. The van der Waals surface area contributed by atoms with E-state index in [2.05, 4.69) is 5.32 Å². The standard InChI is InChI=1S/C13H16FNO4/c1-8(7-19-2)5-12(16)15-9-3-4-11(14)10(6-9)13(17)18/h3-4,6,8H,5,7H2,1-2H3,(H,15,16)(H,17,18). The molecule has 0 aliphatic rings. The molecule has 1 aromatic carbocycles. The highest BCUT2D eigenvalue weighted by Crippen LogP contribution is 2.15. The second-order valence-electron chi connectivity index (χ2n) is 4.31. The van der Waals surface area contributed by atoms with Gasteiger partial charge in [0.1, 0.15) is 5.82 Å². The molecule has 104 valence electrons. The summed E-state index contributed by atoms with van der Waals surface area (Å²) in [6, 6.07) is 3.43. The Balaban J connectivity index is 2.69. The largest absolute Gasteiger partial charge is 0.478 e. The number of carbonyl (C=O) groups excluding carboxylic acids is 1. The van der Waals surface area contributed by atoms with E-state index in [1.165, 1.54) is 6.07 Å². The number of rotatable bonds is 6. The van der Waals surface area contributed by atoms with Crippen LogP contribution < -0.4 is 5.32 Å². The highest BCUT2D eigenvalue weighted by molar-refractivity contribution is 5.94. The third kappa shape index (κ3) is 4.67. The minimum absolute atomic E-state index is 0.0457. The molecule has 0 aliphatic heterocycles. The Morgan fingerprint density at radius 1 is 1.47 bits per heavy atom. The van der Waals surface area contributed by atoms with Gasteiger partial charge in [-0.05, 0) is 24.1 Å². The van der Waals surface area contributed by atoms with Crippen LogP contribution in [0.15, 0.2) is 18.2 Å². The molecule has 0 fully saturated rings. The summed E-state index contributed by atoms with van der Waals surface area (Å²) in [6.45, 7) is 2.31. The van der Waals surface area contributed by atoms with Crippen molar-refractivity contribution in [1.29, 1.82) is 0 Å². The molecule has 1 rings (SSSR count). The molecule has 0 saturated heterocycles. The topological polar surface area (TPSA) is 75.6 Å². The molecule has 19 heavy (non-hydrogen) atoms. The number of nitrogens with one attached hydrogen (secondary N) is 1. The Morgan fingerprint density at radius 2 is 2.16 bits per heavy atom. The van der Waals surface area contributed by atoms with Crippen molar-refractivity contribution < 1.29 is 23.8 Å². The van der Waals surface area contributed by atoms with E-state index in [1.54, 1.807) is 7.11 Å². The fourth-order valence-corrected chi connectivity index (χ4v) is 1.64. The minimum atomic E-state index is -1.37. The Kier molecular flexibility index (Phi) is 5.44. The van der Waals surface area contributed by atoms with Gasteiger partial charge in [-0.1, -0.05) is 6.92 Å². The number of anilines is 1. The van der Waals surface area contributed by atoms with Crippen molar-refractivity contribution in [2.75, 3.05) is 19.0 Å². The number of ether oxygens (including phenoxy) is 1. The number of carboxylic acid groups (broad SMARTS) is 1. The van der Waals surface area contributed by atoms with Crippen molar-refractivity contribution in [3.63, 3.8) is 0 Å². The third-order valence-electron chi connectivity index (χ3n) is 2.47. The van der Waals surface area contributed by atoms with Gasteiger partial charge < -0.3 is 15.2 Å². The number of amides is 1. The number of hydrogen-bond acceptors (Lipinski definition) is 3. The molecule has 1 amide bonds. The lowest BCUT2D eigenvalue weighted by molar-refractivity contribution is -0.117. The van der Waals surface area contributed by atoms with E-state index in [1.807, 2.05) is 6.92 Å². The maximum atomic E-state index is 13.2. The summed E-state index contributed by atoms with van der Waals surface area (Å²) in [5.41, 5.74) is -0.212. The molecule has 5 nitrogen and oxygen atoms in total. The smallest absolute Gasteiger partial charge is 0.338 e. The van der Waals surface area contributed by atoms with Gasteiger partial charge in [-0.15, -0.1) is 0 Å². The van der Waals surface area contributed by atoms with E-state index in [9.17, 15) is 14.0 Å². The van der Waals surface area contributed by atoms with E-state index in [-0.39, 0.29) is 23.9 Å². The highest BCUT2D eigenvalue weighted by atomic mass is 19.1. The van der Waals surface area contributed by atoms with Crippen molar-refractivity contribution in [3.8, 4) is 0 Å². The zero-order valence-corrected chi connectivity index (χ0v) is 10.8. The van der Waals surface area contributed by atoms with Crippen LogP contribution in [0, 0.1) is 11.7 Å². The van der Waals surface area contributed by atoms with Gasteiger partial charge in [0, 0.05) is 25.8 Å². The van der Waals surface area contributed by atoms with Gasteiger partial charge in [0.15, 0.2) is 0 Å². The van der Waals surface area contributed by atoms with Gasteiger partial charge in [0.2, 0.25) is 5.91 Å². The molecule has 1 aromatic rings. The third-order valence-corrected chi connectivity index (χ3v) is 2.47. The van der Waals surface area contributed by atoms with Crippen LogP contribution in [0.3, 0.4) is 0 Å². The van der Waals surface area contributed by atoms with Crippen LogP contribution in [-0.2, 0) is 9.53 Å². The van der Waals surface area contributed by atoms with Gasteiger partial charge >= 0.3 is 5.97 Å². The van der Waals surface area contributed by atoms with E-state index < -0.39 is 17.3 Å². The molecule has 1 unspecified atom stereocenters. The lowest BCUT2D eigenvalue weighted by atomic mass is 10.1. The summed E-state index contributed by atoms with van der Waals surface area (Å²) in [6.07, 6.45) is 0.244. The maximum absolute atomic E-state index is 13.2. The molecule has 2 N–H and O–H groups in total. The monoisotopic (exact) mass is 269 g/mol. The number of benzene rings is 1. The zero-order valence-electron chi connectivity index (χ0n) is 10.8. The average Bonchev–Trinajstić information content (AvgIpc) is 2.31. The molecule has 0 spiro atoms. The van der Waals surface area contributed by atoms with Crippen LogP contribution in [-0.4, -0.2) is 30.7 Å². The summed E-state index contributed by atoms with van der Waals surface area (Å²) >= 11 is 0. The number of hydrogen-bond donors (Lipinski definition) is 2. The van der Waals surface area contributed by atoms with Crippen LogP contribution in [0.4, 0.5) is 10.1 Å². The zero-order chi connectivity index (χ0) is 14.4. The Bertz CT molecular complexity index is 476. The van der Waals surface area contributed by atoms with E-state index in [0.717, 1.165) is 12.1 Å². The first-order valence-corrected chi connectivity index (χ1v) is 5.75. The van der Waals surface area contributed by atoms with Crippen LogP contribution in [0.25, 0.3) is 0 Å². The van der Waals surface area contributed by atoms with E-state index in [0.29, 0.717) is 6.61 Å². The second-order valence-corrected chi connectivity index (χ2v) is 4.31. The number of carbonyl (C=O) groups is 2. The predicted octanol–water partition coefficient (Wildman–Crippen LogP) is 2.13. The van der Waals surface area contributed by atoms with Crippen molar-refractivity contribution in [1.82, 2.24) is 0 Å². The summed E-state index contributed by atoms with van der Waals surface area (Å²) in [4.78, 5) is 22.4. The Labute approximate surface area is 110 Å². The Morgan fingerprint density at radius 3 is 2.74 bits per heavy atom. The normalized spacial score (nSPS) is 11.9. The highest BCUT2D eigenvalue weighted by Gasteiger charge is 2.13. The molecular weight excluding hydrogens is 253 g/mol.